The van der Waals surface area contributed by atoms with Crippen LogP contribution in [0.4, 0.5) is 0 Å². The van der Waals surface area contributed by atoms with Gasteiger partial charge in [-0.1, -0.05) is 109 Å². The van der Waals surface area contributed by atoms with Crippen molar-refractivity contribution in [1.29, 1.82) is 26.3 Å². The molecule has 0 unspecified atom stereocenters. The van der Waals surface area contributed by atoms with E-state index in [2.05, 4.69) is 124 Å². The van der Waals surface area contributed by atoms with Crippen LogP contribution >= 0.6 is 0 Å². The summed E-state index contributed by atoms with van der Waals surface area (Å²) in [5.41, 5.74) is 15.6. The number of pyridine rings is 1. The van der Waals surface area contributed by atoms with Gasteiger partial charge in [0.05, 0.1) is 96.9 Å². The van der Waals surface area contributed by atoms with Gasteiger partial charge < -0.3 is 9.13 Å². The molecule has 9 aromatic carbocycles. The Morgan fingerprint density at radius 2 is 0.708 bits per heavy atom. The lowest BCUT2D eigenvalue weighted by Crippen LogP contribution is -2.04. The SMILES string of the molecule is N#Cc1cc(C#N)cc(-c2ccc3c(c2)c2ccccc2n3-c2cc(-c3cc(-c4ccccc4)nc(-c4ccccc4)c3)c(-n3c4ccccc4c4cc(-c5cc(C#N)cc(C#N)c5)ccc43)cc2C#N)c1. The van der Waals surface area contributed by atoms with E-state index in [-0.39, 0.29) is 0 Å². The van der Waals surface area contributed by atoms with Crippen molar-refractivity contribution in [3.8, 4) is 97.6 Å². The van der Waals surface area contributed by atoms with Crippen molar-refractivity contribution in [1.82, 2.24) is 14.1 Å². The highest BCUT2D eigenvalue weighted by atomic mass is 15.0. The van der Waals surface area contributed by atoms with E-state index < -0.39 is 0 Å². The minimum atomic E-state index is 0.406. The highest BCUT2D eigenvalue weighted by molar-refractivity contribution is 6.12. The van der Waals surface area contributed by atoms with Gasteiger partial charge in [-0.2, -0.15) is 26.3 Å². The van der Waals surface area contributed by atoms with E-state index in [0.29, 0.717) is 33.5 Å². The van der Waals surface area contributed by atoms with Crippen molar-refractivity contribution in [3.05, 3.63) is 234 Å². The summed E-state index contributed by atoms with van der Waals surface area (Å²) in [5.74, 6) is 0. The second-order valence-electron chi connectivity index (χ2n) is 17.6. The summed E-state index contributed by atoms with van der Waals surface area (Å²) in [7, 11) is 0. The number of benzene rings is 9. The summed E-state index contributed by atoms with van der Waals surface area (Å²) in [6.07, 6.45) is 0. The molecule has 0 aliphatic rings. The number of nitriles is 5. The summed E-state index contributed by atoms with van der Waals surface area (Å²) in [6, 6.07) is 79.2. The van der Waals surface area contributed by atoms with E-state index in [1.807, 2.05) is 97.1 Å². The molecule has 72 heavy (non-hydrogen) atoms. The van der Waals surface area contributed by atoms with Crippen molar-refractivity contribution < 1.29 is 0 Å². The topological polar surface area (TPSA) is 142 Å². The number of hydrogen-bond acceptors (Lipinski definition) is 6. The van der Waals surface area contributed by atoms with Crippen LogP contribution in [0.5, 0.6) is 0 Å². The van der Waals surface area contributed by atoms with Gasteiger partial charge in [-0.25, -0.2) is 4.98 Å². The maximum atomic E-state index is 11.4. The lowest BCUT2D eigenvalue weighted by atomic mass is 9.96. The van der Waals surface area contributed by atoms with E-state index >= 15 is 0 Å². The molecule has 8 nitrogen and oxygen atoms in total. The summed E-state index contributed by atoms with van der Waals surface area (Å²) in [4.78, 5) is 5.26. The average Bonchev–Trinajstić information content (AvgIpc) is 3.96. The molecule has 3 heterocycles. The van der Waals surface area contributed by atoms with Gasteiger partial charge in [0.2, 0.25) is 0 Å². The Morgan fingerprint density at radius 1 is 0.292 bits per heavy atom. The van der Waals surface area contributed by atoms with E-state index in [1.165, 1.54) is 0 Å². The molecule has 0 bridgehead atoms. The Kier molecular flexibility index (Phi) is 10.3. The van der Waals surface area contributed by atoms with Crippen molar-refractivity contribution in [2.45, 2.75) is 0 Å². The minimum absolute atomic E-state index is 0.406. The molecule has 0 aliphatic heterocycles. The Morgan fingerprint density at radius 3 is 1.15 bits per heavy atom. The summed E-state index contributed by atoms with van der Waals surface area (Å²) in [6.45, 7) is 0. The largest absolute Gasteiger partial charge is 0.309 e. The number of rotatable bonds is 7. The predicted molar refractivity (Wildman–Crippen MR) is 284 cm³/mol. The number of hydrogen-bond donors (Lipinski definition) is 0. The van der Waals surface area contributed by atoms with Crippen LogP contribution in [0.2, 0.25) is 0 Å². The first-order valence-electron chi connectivity index (χ1n) is 23.1. The van der Waals surface area contributed by atoms with Crippen molar-refractivity contribution in [2.24, 2.45) is 0 Å². The fraction of sp³-hybridized carbons (Fsp3) is 0. The van der Waals surface area contributed by atoms with E-state index in [4.69, 9.17) is 4.98 Å². The maximum absolute atomic E-state index is 11.4. The number of fused-ring (bicyclic) bond motifs is 6. The Bertz CT molecular complexity index is 4330. The Balaban J connectivity index is 1.17. The Labute approximate surface area is 413 Å². The van der Waals surface area contributed by atoms with E-state index in [9.17, 15) is 26.3 Å². The van der Waals surface area contributed by atoms with Gasteiger partial charge in [0.15, 0.2) is 0 Å². The van der Waals surface area contributed by atoms with Gasteiger partial charge >= 0.3 is 0 Å². The van der Waals surface area contributed by atoms with Crippen LogP contribution in [-0.4, -0.2) is 14.1 Å². The lowest BCUT2D eigenvalue weighted by molar-refractivity contribution is 1.13. The number of nitrogens with zero attached hydrogens (tertiary/aromatic N) is 8. The quantitative estimate of drug-likeness (QED) is 0.156. The molecule has 0 saturated carbocycles. The lowest BCUT2D eigenvalue weighted by Gasteiger charge is -2.20. The van der Waals surface area contributed by atoms with Crippen LogP contribution < -0.4 is 0 Å². The van der Waals surface area contributed by atoms with Gasteiger partial charge in [-0.15, -0.1) is 0 Å². The molecule has 8 heteroatoms. The number of aromatic nitrogens is 3. The van der Waals surface area contributed by atoms with Crippen LogP contribution in [-0.2, 0) is 0 Å². The summed E-state index contributed by atoms with van der Waals surface area (Å²) >= 11 is 0. The first-order valence-corrected chi connectivity index (χ1v) is 23.1. The first-order chi connectivity index (χ1) is 35.4. The monoisotopic (exact) mass is 914 g/mol. The molecule has 12 rings (SSSR count). The third kappa shape index (κ3) is 7.17. The minimum Gasteiger partial charge on any atom is -0.309 e. The van der Waals surface area contributed by atoms with E-state index in [1.54, 1.807) is 24.3 Å². The molecule has 0 saturated heterocycles. The Hall–Kier alpha value is -10.8. The smallest absolute Gasteiger partial charge is 0.101 e. The second-order valence-corrected chi connectivity index (χ2v) is 17.6. The molecule has 0 N–H and O–H groups in total. The fourth-order valence-electron chi connectivity index (χ4n) is 10.1. The van der Waals surface area contributed by atoms with Gasteiger partial charge in [-0.05, 0) is 125 Å². The molecule has 0 atom stereocenters. The van der Waals surface area contributed by atoms with Gasteiger partial charge in [0.25, 0.3) is 0 Å². The standard InChI is InChI=1S/C64H34N8/c65-35-40-23-41(36-66)26-48(25-40)46-19-21-61-55(29-46)52-15-7-9-17-59(52)71(61)63-34-54(50-31-57(44-11-3-1-4-12-44)70-58(32-50)45-13-5-2-6-14-45)64(33-51(63)39-69)72-60-18-10-8-16-53(60)56-30-47(20-22-62(56)72)49-27-42(37-67)24-43(28-49)38-68/h1-34H. The first kappa shape index (κ1) is 42.5. The molecule has 0 amide bonds. The summed E-state index contributed by atoms with van der Waals surface area (Å²) in [5, 5.41) is 54.7. The van der Waals surface area contributed by atoms with Gasteiger partial charge in [0, 0.05) is 38.2 Å². The molecule has 3 aromatic heterocycles. The fourth-order valence-corrected chi connectivity index (χ4v) is 10.1. The zero-order chi connectivity index (χ0) is 48.9. The van der Waals surface area contributed by atoms with Crippen LogP contribution in [0.15, 0.2) is 206 Å². The molecule has 12 aromatic rings. The molecule has 0 aliphatic carbocycles. The van der Waals surface area contributed by atoms with Gasteiger partial charge in [-0.3, -0.25) is 0 Å². The van der Waals surface area contributed by atoms with Gasteiger partial charge in [0.1, 0.15) is 6.07 Å². The third-order valence-corrected chi connectivity index (χ3v) is 13.4. The highest BCUT2D eigenvalue weighted by Crippen LogP contribution is 2.43. The maximum Gasteiger partial charge on any atom is 0.101 e. The molecular formula is C64H34N8. The highest BCUT2D eigenvalue weighted by Gasteiger charge is 2.24. The van der Waals surface area contributed by atoms with Crippen LogP contribution in [0.3, 0.4) is 0 Å². The van der Waals surface area contributed by atoms with Crippen molar-refractivity contribution >= 4 is 43.6 Å². The average molecular weight is 915 g/mol. The third-order valence-electron chi connectivity index (χ3n) is 13.4. The van der Waals surface area contributed by atoms with Crippen LogP contribution in [0.25, 0.3) is 111 Å². The molecule has 0 spiro atoms. The molecule has 330 valence electrons. The normalized spacial score (nSPS) is 11.0. The zero-order valence-electron chi connectivity index (χ0n) is 38.2. The van der Waals surface area contributed by atoms with Crippen molar-refractivity contribution in [2.75, 3.05) is 0 Å². The molecule has 0 radical (unpaired) electrons. The molecule has 0 fully saturated rings. The summed E-state index contributed by atoms with van der Waals surface area (Å²) < 4.78 is 4.39. The second kappa shape index (κ2) is 17.4. The predicted octanol–water partition coefficient (Wildman–Crippen LogP) is 15.0. The van der Waals surface area contributed by atoms with Crippen LogP contribution in [0, 0.1) is 56.7 Å². The number of para-hydroxylation sites is 2. The van der Waals surface area contributed by atoms with Crippen LogP contribution in [0.1, 0.15) is 27.8 Å². The molecular weight excluding hydrogens is 881 g/mol. The van der Waals surface area contributed by atoms with Crippen molar-refractivity contribution in [3.63, 3.8) is 0 Å². The zero-order valence-corrected chi connectivity index (χ0v) is 38.2. The van der Waals surface area contributed by atoms with E-state index in [0.717, 1.165) is 105 Å².